The molecule has 4 unspecified atom stereocenters. The van der Waals surface area contributed by atoms with Gasteiger partial charge in [-0.1, -0.05) is 0 Å². The van der Waals surface area contributed by atoms with Crippen molar-refractivity contribution < 1.29 is 5.11 Å². The second-order valence-corrected chi connectivity index (χ2v) is 5.23. The van der Waals surface area contributed by atoms with E-state index in [4.69, 9.17) is 58.0 Å². The van der Waals surface area contributed by atoms with E-state index >= 15 is 0 Å². The van der Waals surface area contributed by atoms with Crippen LogP contribution in [0.3, 0.4) is 0 Å². The van der Waals surface area contributed by atoms with Gasteiger partial charge in [-0.15, -0.1) is 58.0 Å². The van der Waals surface area contributed by atoms with E-state index in [1.807, 2.05) is 0 Å². The van der Waals surface area contributed by atoms with E-state index in [1.54, 1.807) is 0 Å². The Morgan fingerprint density at radius 2 is 0.833 bits per heavy atom. The van der Waals surface area contributed by atoms with Crippen molar-refractivity contribution in [2.24, 2.45) is 0 Å². The van der Waals surface area contributed by atoms with Crippen LogP contribution in [-0.4, -0.2) is 38.1 Å². The summed E-state index contributed by atoms with van der Waals surface area (Å²) < 4.78 is 0. The molecule has 0 aromatic heterocycles. The summed E-state index contributed by atoms with van der Waals surface area (Å²) in [5.41, 5.74) is 0. The predicted octanol–water partition coefficient (Wildman–Crippen LogP) is 2.40. The first-order valence-corrected chi connectivity index (χ1v) is 5.53. The average molecular weight is 272 g/mol. The van der Waals surface area contributed by atoms with Crippen LogP contribution in [0.2, 0.25) is 0 Å². The highest BCUT2D eigenvalue weighted by atomic mass is 35.5. The molecule has 1 aliphatic rings. The van der Waals surface area contributed by atoms with Crippen molar-refractivity contribution in [2.75, 3.05) is 0 Å². The van der Waals surface area contributed by atoms with Gasteiger partial charge in [-0.2, -0.15) is 0 Å². The summed E-state index contributed by atoms with van der Waals surface area (Å²) in [6.07, 6.45) is -0.909. The summed E-state index contributed by atoms with van der Waals surface area (Å²) in [5, 5.41) is 6.50. The molecule has 1 fully saturated rings. The van der Waals surface area contributed by atoms with Crippen molar-refractivity contribution >= 4 is 58.0 Å². The van der Waals surface area contributed by atoms with Crippen LogP contribution in [0.1, 0.15) is 0 Å². The molecule has 0 aliphatic heterocycles. The topological polar surface area (TPSA) is 20.2 Å². The molecule has 0 bridgehead atoms. The van der Waals surface area contributed by atoms with Crippen LogP contribution in [0.4, 0.5) is 0 Å². The van der Waals surface area contributed by atoms with E-state index in [2.05, 4.69) is 0 Å². The average Bonchev–Trinajstić information content (AvgIpc) is 2.08. The smallest absolute Gasteiger partial charge is 0.0896 e. The zero-order valence-electron chi connectivity index (χ0n) is 5.80. The first-order chi connectivity index (χ1) is 5.46. The number of hydrogen-bond acceptors (Lipinski definition) is 1. The SMILES string of the molecule is OC1C(Cl)C(Cl)C(Cl)C(Cl)C1Cl. The van der Waals surface area contributed by atoms with Crippen molar-refractivity contribution in [3.63, 3.8) is 0 Å². The second kappa shape index (κ2) is 4.29. The Hall–Kier alpha value is 1.41. The molecule has 4 atom stereocenters. The van der Waals surface area contributed by atoms with Crippen LogP contribution >= 0.6 is 58.0 Å². The van der Waals surface area contributed by atoms with Gasteiger partial charge < -0.3 is 5.11 Å². The van der Waals surface area contributed by atoms with Crippen molar-refractivity contribution in [3.05, 3.63) is 0 Å². The Labute approximate surface area is 95.9 Å². The molecular formula is C6H7Cl5O. The Bertz CT molecular complexity index is 107. The van der Waals surface area contributed by atoms with Gasteiger partial charge in [0.05, 0.1) is 33.0 Å². The van der Waals surface area contributed by atoms with Crippen LogP contribution < -0.4 is 0 Å². The van der Waals surface area contributed by atoms with Gasteiger partial charge in [0.15, 0.2) is 0 Å². The van der Waals surface area contributed by atoms with Gasteiger partial charge >= 0.3 is 0 Å². The van der Waals surface area contributed by atoms with E-state index in [9.17, 15) is 5.11 Å². The minimum atomic E-state index is -0.909. The van der Waals surface area contributed by atoms with Gasteiger partial charge in [0.25, 0.3) is 0 Å². The van der Waals surface area contributed by atoms with Crippen molar-refractivity contribution in [1.29, 1.82) is 0 Å². The monoisotopic (exact) mass is 270 g/mol. The van der Waals surface area contributed by atoms with Gasteiger partial charge in [-0.25, -0.2) is 0 Å². The predicted molar refractivity (Wildman–Crippen MR) is 54.2 cm³/mol. The normalized spacial score (nSPS) is 55.5. The molecule has 0 aromatic carbocycles. The molecule has 12 heavy (non-hydrogen) atoms. The number of alkyl halides is 5. The highest BCUT2D eigenvalue weighted by molar-refractivity contribution is 6.41. The summed E-state index contributed by atoms with van der Waals surface area (Å²) in [7, 11) is 0. The largest absolute Gasteiger partial charge is 0.390 e. The van der Waals surface area contributed by atoms with Crippen LogP contribution in [0.5, 0.6) is 0 Å². The number of hydrogen-bond donors (Lipinski definition) is 1. The molecule has 1 N–H and O–H groups in total. The molecule has 0 amide bonds. The molecule has 0 heterocycles. The summed E-state index contributed by atoms with van der Waals surface area (Å²) in [5.74, 6) is 0. The molecule has 1 rings (SSSR count). The Kier molecular flexibility index (Phi) is 4.10. The van der Waals surface area contributed by atoms with Crippen molar-refractivity contribution in [1.82, 2.24) is 0 Å². The maximum Gasteiger partial charge on any atom is 0.0896 e. The zero-order chi connectivity index (χ0) is 9.46. The second-order valence-electron chi connectivity index (χ2n) is 2.71. The summed E-state index contributed by atoms with van der Waals surface area (Å²) >= 11 is 29.0. The first-order valence-electron chi connectivity index (χ1n) is 3.35. The van der Waals surface area contributed by atoms with Crippen LogP contribution in [0, 0.1) is 0 Å². The number of rotatable bonds is 0. The third-order valence-electron chi connectivity index (χ3n) is 1.87. The quantitative estimate of drug-likeness (QED) is 0.671. The third-order valence-corrected chi connectivity index (χ3v) is 5.07. The lowest BCUT2D eigenvalue weighted by molar-refractivity contribution is 0.143. The van der Waals surface area contributed by atoms with Crippen molar-refractivity contribution in [3.8, 4) is 0 Å². The number of aliphatic hydroxyl groups is 1. The summed E-state index contributed by atoms with van der Waals surface area (Å²) in [6.45, 7) is 0. The maximum atomic E-state index is 9.41. The molecule has 0 radical (unpaired) electrons. The molecule has 0 aromatic rings. The number of aliphatic hydroxyl groups excluding tert-OH is 1. The first kappa shape index (κ1) is 11.5. The Balaban J connectivity index is 2.76. The molecular weight excluding hydrogens is 265 g/mol. The fourth-order valence-corrected chi connectivity index (χ4v) is 2.93. The van der Waals surface area contributed by atoms with Gasteiger partial charge in [0, 0.05) is 0 Å². The Morgan fingerprint density at radius 1 is 0.583 bits per heavy atom. The highest BCUT2D eigenvalue weighted by Gasteiger charge is 2.46. The number of halogens is 5. The molecule has 1 aliphatic carbocycles. The lowest BCUT2D eigenvalue weighted by Crippen LogP contribution is -2.54. The van der Waals surface area contributed by atoms with Crippen LogP contribution in [-0.2, 0) is 0 Å². The zero-order valence-corrected chi connectivity index (χ0v) is 9.58. The molecule has 1 nitrogen and oxygen atoms in total. The maximum absolute atomic E-state index is 9.41. The lowest BCUT2D eigenvalue weighted by Gasteiger charge is -2.38. The van der Waals surface area contributed by atoms with E-state index < -0.39 is 33.0 Å². The van der Waals surface area contributed by atoms with Crippen LogP contribution in [0.15, 0.2) is 0 Å². The summed E-state index contributed by atoms with van der Waals surface area (Å²) in [4.78, 5) is 0. The van der Waals surface area contributed by atoms with E-state index in [0.717, 1.165) is 0 Å². The van der Waals surface area contributed by atoms with E-state index in [0.29, 0.717) is 0 Å². The van der Waals surface area contributed by atoms with Gasteiger partial charge in [0.1, 0.15) is 0 Å². The highest BCUT2D eigenvalue weighted by Crippen LogP contribution is 2.37. The van der Waals surface area contributed by atoms with Gasteiger partial charge in [0.2, 0.25) is 0 Å². The standard InChI is InChI=1S/C6H7Cl5O/c7-1-2(8)4(10)6(12)5(11)3(1)9/h1-6,12H. The fraction of sp³-hybridized carbons (Fsp3) is 1.00. The molecule has 6 heteroatoms. The van der Waals surface area contributed by atoms with Crippen LogP contribution in [0.25, 0.3) is 0 Å². The minimum Gasteiger partial charge on any atom is -0.390 e. The molecule has 1 saturated carbocycles. The molecule has 0 spiro atoms. The van der Waals surface area contributed by atoms with Gasteiger partial charge in [-0.3, -0.25) is 0 Å². The van der Waals surface area contributed by atoms with E-state index in [-0.39, 0.29) is 0 Å². The Morgan fingerprint density at radius 3 is 1.17 bits per heavy atom. The molecule has 0 saturated heterocycles. The van der Waals surface area contributed by atoms with Gasteiger partial charge in [-0.05, 0) is 0 Å². The minimum absolute atomic E-state index is 0.512. The fourth-order valence-electron chi connectivity index (χ4n) is 1.08. The lowest BCUT2D eigenvalue weighted by atomic mass is 9.95. The molecule has 72 valence electrons. The van der Waals surface area contributed by atoms with Crippen molar-refractivity contribution in [2.45, 2.75) is 33.0 Å². The van der Waals surface area contributed by atoms with E-state index in [1.165, 1.54) is 0 Å². The summed E-state index contributed by atoms with van der Waals surface area (Å²) in [6, 6.07) is 0. The third kappa shape index (κ3) is 1.92.